The Balaban J connectivity index is 2.06. The van der Waals surface area contributed by atoms with E-state index in [9.17, 15) is 5.11 Å². The molecule has 0 bridgehead atoms. The topological polar surface area (TPSA) is 41.5 Å². The zero-order valence-corrected chi connectivity index (χ0v) is 10.4. The van der Waals surface area contributed by atoms with E-state index in [1.807, 2.05) is 43.3 Å². The predicted octanol–water partition coefficient (Wildman–Crippen LogP) is 3.40. The summed E-state index contributed by atoms with van der Waals surface area (Å²) in [6.07, 6.45) is 0. The number of hydrogen-bond acceptors (Lipinski definition) is 3. The Morgan fingerprint density at radius 2 is 1.94 bits per heavy atom. The number of anilines is 1. The van der Waals surface area contributed by atoms with E-state index in [2.05, 4.69) is 5.32 Å². The quantitative estimate of drug-likeness (QED) is 0.845. The van der Waals surface area contributed by atoms with Gasteiger partial charge in [-0.25, -0.2) is 0 Å². The molecule has 0 aliphatic rings. The molecule has 2 aromatic carbocycles. The van der Waals surface area contributed by atoms with Crippen LogP contribution in [0.25, 0.3) is 0 Å². The van der Waals surface area contributed by atoms with Crippen LogP contribution in [-0.2, 0) is 6.54 Å². The van der Waals surface area contributed by atoms with Crippen molar-refractivity contribution in [2.45, 2.75) is 13.5 Å². The molecule has 0 heterocycles. The van der Waals surface area contributed by atoms with Gasteiger partial charge in [-0.15, -0.1) is 0 Å². The summed E-state index contributed by atoms with van der Waals surface area (Å²) in [5.74, 6) is 1.16. The SMILES string of the molecule is CCOc1ccccc1CNc1cccc(O)c1. The van der Waals surface area contributed by atoms with Crippen molar-refractivity contribution < 1.29 is 9.84 Å². The van der Waals surface area contributed by atoms with Crippen LogP contribution in [0, 0.1) is 0 Å². The van der Waals surface area contributed by atoms with Crippen molar-refractivity contribution in [3.63, 3.8) is 0 Å². The Kier molecular flexibility index (Phi) is 4.07. The smallest absolute Gasteiger partial charge is 0.124 e. The van der Waals surface area contributed by atoms with Crippen LogP contribution in [0.3, 0.4) is 0 Å². The summed E-state index contributed by atoms with van der Waals surface area (Å²) in [7, 11) is 0. The number of aromatic hydroxyl groups is 1. The molecule has 0 aliphatic heterocycles. The van der Waals surface area contributed by atoms with E-state index >= 15 is 0 Å². The number of rotatable bonds is 5. The van der Waals surface area contributed by atoms with Crippen LogP contribution in [0.4, 0.5) is 5.69 Å². The summed E-state index contributed by atoms with van der Waals surface area (Å²) in [5, 5.41) is 12.6. The first-order valence-corrected chi connectivity index (χ1v) is 6.03. The van der Waals surface area contributed by atoms with Gasteiger partial charge in [-0.05, 0) is 25.1 Å². The standard InChI is InChI=1S/C15H17NO2/c1-2-18-15-9-4-3-6-12(15)11-16-13-7-5-8-14(17)10-13/h3-10,16-17H,2,11H2,1H3. The third kappa shape index (κ3) is 3.17. The fraction of sp³-hybridized carbons (Fsp3) is 0.200. The summed E-state index contributed by atoms with van der Waals surface area (Å²) < 4.78 is 5.56. The molecule has 0 aliphatic carbocycles. The van der Waals surface area contributed by atoms with Crippen molar-refractivity contribution in [1.29, 1.82) is 0 Å². The van der Waals surface area contributed by atoms with Gasteiger partial charge >= 0.3 is 0 Å². The highest BCUT2D eigenvalue weighted by Gasteiger charge is 2.02. The highest BCUT2D eigenvalue weighted by molar-refractivity contribution is 5.49. The first-order chi connectivity index (χ1) is 8.79. The van der Waals surface area contributed by atoms with Crippen LogP contribution in [0.1, 0.15) is 12.5 Å². The van der Waals surface area contributed by atoms with Gasteiger partial charge in [0.15, 0.2) is 0 Å². The van der Waals surface area contributed by atoms with Gasteiger partial charge in [-0.2, -0.15) is 0 Å². The van der Waals surface area contributed by atoms with Gasteiger partial charge in [0.25, 0.3) is 0 Å². The first kappa shape index (κ1) is 12.3. The summed E-state index contributed by atoms with van der Waals surface area (Å²) in [5.41, 5.74) is 1.99. The van der Waals surface area contributed by atoms with Crippen LogP contribution in [0.2, 0.25) is 0 Å². The number of phenolic OH excluding ortho intramolecular Hbond substituents is 1. The zero-order chi connectivity index (χ0) is 12.8. The number of nitrogens with one attached hydrogen (secondary N) is 1. The molecule has 0 fully saturated rings. The van der Waals surface area contributed by atoms with E-state index in [1.165, 1.54) is 0 Å². The maximum absolute atomic E-state index is 9.38. The van der Waals surface area contributed by atoms with Crippen LogP contribution in [0.15, 0.2) is 48.5 Å². The lowest BCUT2D eigenvalue weighted by Gasteiger charge is -2.11. The lowest BCUT2D eigenvalue weighted by molar-refractivity contribution is 0.337. The van der Waals surface area contributed by atoms with Crippen molar-refractivity contribution in [3.05, 3.63) is 54.1 Å². The lowest BCUT2D eigenvalue weighted by Crippen LogP contribution is -2.02. The molecule has 18 heavy (non-hydrogen) atoms. The van der Waals surface area contributed by atoms with Crippen LogP contribution < -0.4 is 10.1 Å². The van der Waals surface area contributed by atoms with Crippen LogP contribution >= 0.6 is 0 Å². The molecule has 3 nitrogen and oxygen atoms in total. The van der Waals surface area contributed by atoms with E-state index in [0.29, 0.717) is 13.2 Å². The average molecular weight is 243 g/mol. The minimum absolute atomic E-state index is 0.262. The highest BCUT2D eigenvalue weighted by atomic mass is 16.5. The van der Waals surface area contributed by atoms with Gasteiger partial charge in [0.2, 0.25) is 0 Å². The molecule has 0 saturated carbocycles. The Hall–Kier alpha value is -2.16. The molecule has 2 N–H and O–H groups in total. The van der Waals surface area contributed by atoms with E-state index < -0.39 is 0 Å². The lowest BCUT2D eigenvalue weighted by atomic mass is 10.2. The minimum Gasteiger partial charge on any atom is -0.508 e. The Bertz CT molecular complexity index is 511. The van der Waals surface area contributed by atoms with Gasteiger partial charge in [-0.1, -0.05) is 24.3 Å². The number of hydrogen-bond donors (Lipinski definition) is 2. The maximum atomic E-state index is 9.38. The van der Waals surface area contributed by atoms with Crippen LogP contribution in [-0.4, -0.2) is 11.7 Å². The molecule has 0 unspecified atom stereocenters. The molecule has 2 rings (SSSR count). The molecule has 0 spiro atoms. The summed E-state index contributed by atoms with van der Waals surface area (Å²) >= 11 is 0. The third-order valence-corrected chi connectivity index (χ3v) is 2.60. The maximum Gasteiger partial charge on any atom is 0.124 e. The Morgan fingerprint density at radius 1 is 1.11 bits per heavy atom. The Labute approximate surface area is 107 Å². The fourth-order valence-electron chi connectivity index (χ4n) is 1.76. The fourth-order valence-corrected chi connectivity index (χ4v) is 1.76. The van der Waals surface area contributed by atoms with Gasteiger partial charge in [0.1, 0.15) is 11.5 Å². The van der Waals surface area contributed by atoms with Crippen molar-refractivity contribution in [2.24, 2.45) is 0 Å². The molecule has 3 heteroatoms. The molecule has 0 atom stereocenters. The summed E-state index contributed by atoms with van der Waals surface area (Å²) in [6, 6.07) is 15.0. The van der Waals surface area contributed by atoms with E-state index in [4.69, 9.17) is 4.74 Å². The largest absolute Gasteiger partial charge is 0.508 e. The number of para-hydroxylation sites is 1. The molecular formula is C15H17NO2. The average Bonchev–Trinajstić information content (AvgIpc) is 2.38. The molecule has 0 radical (unpaired) electrons. The zero-order valence-electron chi connectivity index (χ0n) is 10.4. The van der Waals surface area contributed by atoms with E-state index in [0.717, 1.165) is 17.0 Å². The van der Waals surface area contributed by atoms with Crippen molar-refractivity contribution in [1.82, 2.24) is 0 Å². The minimum atomic E-state index is 0.262. The number of benzene rings is 2. The van der Waals surface area contributed by atoms with Crippen molar-refractivity contribution >= 4 is 5.69 Å². The summed E-state index contributed by atoms with van der Waals surface area (Å²) in [4.78, 5) is 0. The normalized spacial score (nSPS) is 10.1. The van der Waals surface area contributed by atoms with Crippen LogP contribution in [0.5, 0.6) is 11.5 Å². The van der Waals surface area contributed by atoms with Crippen molar-refractivity contribution in [2.75, 3.05) is 11.9 Å². The molecular weight excluding hydrogens is 226 g/mol. The molecule has 0 aromatic heterocycles. The Morgan fingerprint density at radius 3 is 2.72 bits per heavy atom. The van der Waals surface area contributed by atoms with Crippen molar-refractivity contribution in [3.8, 4) is 11.5 Å². The van der Waals surface area contributed by atoms with Gasteiger partial charge in [-0.3, -0.25) is 0 Å². The van der Waals surface area contributed by atoms with Gasteiger partial charge in [0, 0.05) is 23.9 Å². The van der Waals surface area contributed by atoms with Gasteiger partial charge < -0.3 is 15.2 Å². The monoisotopic (exact) mass is 243 g/mol. The second kappa shape index (κ2) is 5.96. The third-order valence-electron chi connectivity index (χ3n) is 2.60. The second-order valence-corrected chi connectivity index (χ2v) is 3.94. The van der Waals surface area contributed by atoms with Gasteiger partial charge in [0.05, 0.1) is 6.61 Å². The van der Waals surface area contributed by atoms with E-state index in [-0.39, 0.29) is 5.75 Å². The number of ether oxygens (including phenoxy) is 1. The second-order valence-electron chi connectivity index (χ2n) is 3.94. The first-order valence-electron chi connectivity index (χ1n) is 6.03. The molecule has 94 valence electrons. The predicted molar refractivity (Wildman–Crippen MR) is 73.0 cm³/mol. The van der Waals surface area contributed by atoms with E-state index in [1.54, 1.807) is 12.1 Å². The molecule has 0 saturated heterocycles. The highest BCUT2D eigenvalue weighted by Crippen LogP contribution is 2.21. The molecule has 2 aromatic rings. The number of phenols is 1. The summed E-state index contributed by atoms with van der Waals surface area (Å²) in [6.45, 7) is 3.29. The molecule has 0 amide bonds.